The van der Waals surface area contributed by atoms with Gasteiger partial charge in [0.05, 0.1) is 12.1 Å². The van der Waals surface area contributed by atoms with Gasteiger partial charge in [-0.05, 0) is 43.0 Å². The summed E-state index contributed by atoms with van der Waals surface area (Å²) in [5.41, 5.74) is -0.612. The predicted molar refractivity (Wildman–Crippen MR) is 136 cm³/mol. The highest BCUT2D eigenvalue weighted by atomic mass is 19.1. The molecule has 0 saturated heterocycles. The van der Waals surface area contributed by atoms with Gasteiger partial charge in [-0.1, -0.05) is 66.7 Å². The molecule has 8 heteroatoms. The van der Waals surface area contributed by atoms with E-state index in [-0.39, 0.29) is 29.1 Å². The monoisotopic (exact) mass is 491 g/mol. The van der Waals surface area contributed by atoms with Gasteiger partial charge in [0.1, 0.15) is 11.9 Å². The van der Waals surface area contributed by atoms with Crippen molar-refractivity contribution < 1.29 is 23.9 Å². The molecular formula is C27H42FN3O4. The fourth-order valence-corrected chi connectivity index (χ4v) is 4.18. The Morgan fingerprint density at radius 2 is 1.66 bits per heavy atom. The molecule has 7 nitrogen and oxygen atoms in total. The SMILES string of the molecule is CN[C@H](C(=O)N[C@H](C(=O)N(C)[C@H](/C=C(\C)C(=O)O)C(C)C)C(C)(C)C)C(C)(C)c1cccc(F)c1. The third-order valence-electron chi connectivity index (χ3n) is 6.48. The number of likely N-dealkylation sites (N-methyl/N-ethyl adjacent to an activating group) is 2. The molecule has 0 unspecified atom stereocenters. The average Bonchev–Trinajstić information content (AvgIpc) is 2.73. The van der Waals surface area contributed by atoms with Gasteiger partial charge in [-0.2, -0.15) is 0 Å². The number of hydrogen-bond donors (Lipinski definition) is 3. The summed E-state index contributed by atoms with van der Waals surface area (Å²) in [4.78, 5) is 40.0. The van der Waals surface area contributed by atoms with Crippen molar-refractivity contribution in [1.82, 2.24) is 15.5 Å². The number of carbonyl (C=O) groups excluding carboxylic acids is 2. The number of nitrogens with zero attached hydrogens (tertiary/aromatic N) is 1. The van der Waals surface area contributed by atoms with Crippen molar-refractivity contribution in [3.05, 3.63) is 47.3 Å². The Labute approximate surface area is 209 Å². The van der Waals surface area contributed by atoms with Crippen LogP contribution in [-0.2, 0) is 19.8 Å². The van der Waals surface area contributed by atoms with Gasteiger partial charge in [-0.25, -0.2) is 9.18 Å². The van der Waals surface area contributed by atoms with E-state index in [0.717, 1.165) is 0 Å². The minimum atomic E-state index is -1.05. The maximum Gasteiger partial charge on any atom is 0.331 e. The lowest BCUT2D eigenvalue weighted by atomic mass is 9.76. The van der Waals surface area contributed by atoms with Crippen LogP contribution in [0, 0.1) is 17.2 Å². The van der Waals surface area contributed by atoms with Crippen molar-refractivity contribution in [2.24, 2.45) is 11.3 Å². The smallest absolute Gasteiger partial charge is 0.331 e. The summed E-state index contributed by atoms with van der Waals surface area (Å²) in [7, 11) is 3.27. The van der Waals surface area contributed by atoms with Gasteiger partial charge in [0.15, 0.2) is 0 Å². The molecule has 1 rings (SSSR count). The molecule has 3 atom stereocenters. The zero-order valence-corrected chi connectivity index (χ0v) is 22.7. The topological polar surface area (TPSA) is 98.7 Å². The minimum absolute atomic E-state index is 0.0495. The summed E-state index contributed by atoms with van der Waals surface area (Å²) in [6.07, 6.45) is 1.57. The Balaban J connectivity index is 3.32. The molecule has 35 heavy (non-hydrogen) atoms. The third kappa shape index (κ3) is 7.62. The zero-order chi connectivity index (χ0) is 27.3. The first-order valence-electron chi connectivity index (χ1n) is 11.9. The van der Waals surface area contributed by atoms with Crippen molar-refractivity contribution in [2.75, 3.05) is 14.1 Å². The summed E-state index contributed by atoms with van der Waals surface area (Å²) in [5.74, 6) is -2.20. The van der Waals surface area contributed by atoms with Gasteiger partial charge in [-0.15, -0.1) is 0 Å². The van der Waals surface area contributed by atoms with Crippen LogP contribution >= 0.6 is 0 Å². The number of aliphatic carboxylic acids is 1. The largest absolute Gasteiger partial charge is 0.478 e. The zero-order valence-electron chi connectivity index (χ0n) is 22.7. The highest BCUT2D eigenvalue weighted by molar-refractivity contribution is 5.91. The Morgan fingerprint density at radius 1 is 1.09 bits per heavy atom. The standard InChI is InChI=1S/C27H42FN3O4/c1-16(2)20(14-17(3)25(34)35)31(10)24(33)22(26(4,5)6)30-23(32)21(29-9)27(7,8)18-12-11-13-19(28)15-18/h11-16,20-22,29H,1-10H3,(H,30,32)(H,34,35)/b17-14+/t20-,21-,22-/m1/s1. The normalized spacial score (nSPS) is 15.4. The van der Waals surface area contributed by atoms with E-state index in [9.17, 15) is 23.9 Å². The summed E-state index contributed by atoms with van der Waals surface area (Å²) in [5, 5.41) is 15.3. The Morgan fingerprint density at radius 3 is 2.09 bits per heavy atom. The lowest BCUT2D eigenvalue weighted by molar-refractivity contribution is -0.141. The fourth-order valence-electron chi connectivity index (χ4n) is 4.18. The number of carboxylic acids is 1. The van der Waals surface area contributed by atoms with Crippen molar-refractivity contribution >= 4 is 17.8 Å². The Bertz CT molecular complexity index is 950. The van der Waals surface area contributed by atoms with E-state index >= 15 is 0 Å². The molecule has 0 spiro atoms. The van der Waals surface area contributed by atoms with Crippen LogP contribution in [0.25, 0.3) is 0 Å². The van der Waals surface area contributed by atoms with Crippen LogP contribution in [0.2, 0.25) is 0 Å². The molecule has 1 aromatic carbocycles. The van der Waals surface area contributed by atoms with Crippen LogP contribution < -0.4 is 10.6 Å². The van der Waals surface area contributed by atoms with Crippen molar-refractivity contribution in [3.63, 3.8) is 0 Å². The highest BCUT2D eigenvalue weighted by Gasteiger charge is 2.41. The van der Waals surface area contributed by atoms with E-state index < -0.39 is 34.9 Å². The second-order valence-corrected chi connectivity index (χ2v) is 11.1. The van der Waals surface area contributed by atoms with Crippen molar-refractivity contribution in [2.45, 2.75) is 78.9 Å². The van der Waals surface area contributed by atoms with Crippen LogP contribution in [0.15, 0.2) is 35.9 Å². The number of hydrogen-bond acceptors (Lipinski definition) is 4. The Kier molecular flexibility index (Phi) is 10.2. The molecule has 3 N–H and O–H groups in total. The van der Waals surface area contributed by atoms with E-state index in [1.807, 2.05) is 48.5 Å². The molecule has 0 fully saturated rings. The summed E-state index contributed by atoms with van der Waals surface area (Å²) in [6, 6.07) is 4.04. The first-order chi connectivity index (χ1) is 15.9. The number of carbonyl (C=O) groups is 3. The van der Waals surface area contributed by atoms with E-state index in [0.29, 0.717) is 5.56 Å². The second kappa shape index (κ2) is 11.8. The van der Waals surface area contributed by atoms with Crippen molar-refractivity contribution in [3.8, 4) is 0 Å². The lowest BCUT2D eigenvalue weighted by Crippen LogP contribution is -2.61. The van der Waals surface area contributed by atoms with Gasteiger partial charge in [-0.3, -0.25) is 9.59 Å². The van der Waals surface area contributed by atoms with Crippen LogP contribution in [0.4, 0.5) is 4.39 Å². The van der Waals surface area contributed by atoms with Crippen LogP contribution in [0.1, 0.15) is 61.0 Å². The summed E-state index contributed by atoms with van der Waals surface area (Å²) < 4.78 is 13.9. The van der Waals surface area contributed by atoms with Gasteiger partial charge < -0.3 is 20.6 Å². The quantitative estimate of drug-likeness (QED) is 0.433. The second-order valence-electron chi connectivity index (χ2n) is 11.1. The fraction of sp³-hybridized carbons (Fsp3) is 0.593. The van der Waals surface area contributed by atoms with Gasteiger partial charge in [0.2, 0.25) is 11.8 Å². The van der Waals surface area contributed by atoms with Crippen molar-refractivity contribution in [1.29, 1.82) is 0 Å². The Hall–Kier alpha value is -2.74. The van der Waals surface area contributed by atoms with Crippen LogP contribution in [0.3, 0.4) is 0 Å². The maximum absolute atomic E-state index is 13.9. The lowest BCUT2D eigenvalue weighted by Gasteiger charge is -2.40. The number of halogens is 1. The molecule has 0 bridgehead atoms. The van der Waals surface area contributed by atoms with E-state index in [1.165, 1.54) is 24.0 Å². The molecule has 1 aromatic rings. The van der Waals surface area contributed by atoms with E-state index in [1.54, 1.807) is 32.3 Å². The number of carboxylic acid groups (broad SMARTS) is 1. The molecule has 0 aromatic heterocycles. The molecule has 0 aliphatic carbocycles. The predicted octanol–water partition coefficient (Wildman–Crippen LogP) is 3.74. The van der Waals surface area contributed by atoms with Gasteiger partial charge >= 0.3 is 5.97 Å². The molecule has 0 aliphatic heterocycles. The highest BCUT2D eigenvalue weighted by Crippen LogP contribution is 2.29. The molecule has 0 heterocycles. The minimum Gasteiger partial charge on any atom is -0.478 e. The number of nitrogens with one attached hydrogen (secondary N) is 2. The van der Waals surface area contributed by atoms with Gasteiger partial charge in [0.25, 0.3) is 0 Å². The molecule has 0 radical (unpaired) electrons. The molecule has 0 saturated carbocycles. The molecule has 2 amide bonds. The van der Waals surface area contributed by atoms with Gasteiger partial charge in [0, 0.05) is 18.0 Å². The first-order valence-corrected chi connectivity index (χ1v) is 11.9. The first kappa shape index (κ1) is 30.3. The summed E-state index contributed by atoms with van der Waals surface area (Å²) in [6.45, 7) is 14.6. The average molecular weight is 492 g/mol. The number of benzene rings is 1. The van der Waals surface area contributed by atoms with E-state index in [2.05, 4.69) is 10.6 Å². The number of amides is 2. The van der Waals surface area contributed by atoms with Crippen LogP contribution in [0.5, 0.6) is 0 Å². The maximum atomic E-state index is 13.9. The van der Waals surface area contributed by atoms with Crippen LogP contribution in [-0.4, -0.2) is 60.0 Å². The summed E-state index contributed by atoms with van der Waals surface area (Å²) >= 11 is 0. The third-order valence-corrected chi connectivity index (χ3v) is 6.48. The number of rotatable bonds is 10. The molecule has 196 valence electrons. The van der Waals surface area contributed by atoms with E-state index in [4.69, 9.17) is 0 Å². The molecule has 0 aliphatic rings. The molecular weight excluding hydrogens is 449 g/mol.